The number of anilines is 1. The first-order chi connectivity index (χ1) is 22.8. The molecule has 6 aromatic rings. The van der Waals surface area contributed by atoms with Crippen molar-refractivity contribution >= 4 is 27.5 Å². The van der Waals surface area contributed by atoms with E-state index < -0.39 is 11.9 Å². The Morgan fingerprint density at radius 2 is 1.43 bits per heavy atom. The summed E-state index contributed by atoms with van der Waals surface area (Å²) < 4.78 is 71.5. The standard InChI is InChI=1S/C38H37F5N4/c39-29-17-11-16-27(23-29)31-25-30(40)20-21-33(31)44-22-10-6-4-2-1-3-5-7-13-26-15-12-19-34-36(26)37(38(41,42)43)46-47(34)35-24-28-14-8-9-18-32(28)45-35/h8-9,11-12,14-21,23-25,44-45H,1-7,10,13,22H2. The molecule has 0 amide bonds. The Hall–Kier alpha value is -4.66. The summed E-state index contributed by atoms with van der Waals surface area (Å²) in [6.45, 7) is 0.732. The summed E-state index contributed by atoms with van der Waals surface area (Å²) in [7, 11) is 0. The van der Waals surface area contributed by atoms with Crippen LogP contribution in [0, 0.1) is 11.6 Å². The number of H-pyrrole nitrogens is 1. The Morgan fingerprint density at radius 1 is 0.702 bits per heavy atom. The van der Waals surface area contributed by atoms with Crippen molar-refractivity contribution in [3.63, 3.8) is 0 Å². The first-order valence-corrected chi connectivity index (χ1v) is 16.2. The average Bonchev–Trinajstić information content (AvgIpc) is 3.67. The molecule has 0 unspecified atom stereocenters. The first kappa shape index (κ1) is 32.3. The number of benzene rings is 4. The molecule has 9 heteroatoms. The van der Waals surface area contributed by atoms with Crippen molar-refractivity contribution in [3.05, 3.63) is 114 Å². The number of halogens is 5. The molecule has 0 radical (unpaired) electrons. The van der Waals surface area contributed by atoms with Gasteiger partial charge >= 0.3 is 6.18 Å². The fraction of sp³-hybridized carbons (Fsp3) is 0.289. The van der Waals surface area contributed by atoms with Crippen molar-refractivity contribution in [2.24, 2.45) is 0 Å². The van der Waals surface area contributed by atoms with Crippen LogP contribution in [0.1, 0.15) is 62.6 Å². The van der Waals surface area contributed by atoms with Gasteiger partial charge in [0.2, 0.25) is 0 Å². The zero-order valence-electron chi connectivity index (χ0n) is 26.0. The number of alkyl halides is 3. The Bertz CT molecular complexity index is 1920. The molecule has 0 spiro atoms. The Balaban J connectivity index is 0.959. The van der Waals surface area contributed by atoms with E-state index in [1.165, 1.54) is 28.9 Å². The van der Waals surface area contributed by atoms with E-state index in [2.05, 4.69) is 15.4 Å². The lowest BCUT2D eigenvalue weighted by atomic mass is 10.00. The van der Waals surface area contributed by atoms with E-state index in [4.69, 9.17) is 0 Å². The third-order valence-corrected chi connectivity index (χ3v) is 8.61. The second-order valence-electron chi connectivity index (χ2n) is 12.0. The van der Waals surface area contributed by atoms with Gasteiger partial charge in [-0.3, -0.25) is 0 Å². The predicted octanol–water partition coefficient (Wildman–Crippen LogP) is 11.2. The lowest BCUT2D eigenvalue weighted by Gasteiger charge is -2.13. The van der Waals surface area contributed by atoms with Crippen molar-refractivity contribution in [2.45, 2.75) is 64.0 Å². The molecule has 0 saturated carbocycles. The van der Waals surface area contributed by atoms with Crippen LogP contribution >= 0.6 is 0 Å². The van der Waals surface area contributed by atoms with Crippen LogP contribution in [-0.4, -0.2) is 21.3 Å². The van der Waals surface area contributed by atoms with Crippen LogP contribution in [0.5, 0.6) is 0 Å². The van der Waals surface area contributed by atoms with Gasteiger partial charge in [0.05, 0.1) is 5.52 Å². The number of unbranched alkanes of at least 4 members (excludes halogenated alkanes) is 7. The monoisotopic (exact) mass is 644 g/mol. The fourth-order valence-corrected chi connectivity index (χ4v) is 6.29. The molecule has 244 valence electrons. The molecule has 2 N–H and O–H groups in total. The maximum atomic E-state index is 14.2. The van der Waals surface area contributed by atoms with Crippen molar-refractivity contribution in [2.75, 3.05) is 11.9 Å². The molecule has 2 heterocycles. The van der Waals surface area contributed by atoms with Gasteiger partial charge in [0.25, 0.3) is 0 Å². The summed E-state index contributed by atoms with van der Waals surface area (Å²) in [5.74, 6) is -0.223. The van der Waals surface area contributed by atoms with Crippen LogP contribution in [-0.2, 0) is 12.6 Å². The van der Waals surface area contributed by atoms with E-state index in [1.807, 2.05) is 36.4 Å². The van der Waals surface area contributed by atoms with Gasteiger partial charge in [0, 0.05) is 34.1 Å². The molecule has 0 aliphatic rings. The highest BCUT2D eigenvalue weighted by atomic mass is 19.4. The average molecular weight is 645 g/mol. The molecule has 0 atom stereocenters. The summed E-state index contributed by atoms with van der Waals surface area (Å²) in [6.07, 6.45) is 4.04. The highest BCUT2D eigenvalue weighted by Gasteiger charge is 2.38. The third kappa shape index (κ3) is 7.67. The molecule has 0 bridgehead atoms. The number of fused-ring (bicyclic) bond motifs is 2. The number of nitrogens with zero attached hydrogens (tertiary/aromatic N) is 2. The van der Waals surface area contributed by atoms with Gasteiger partial charge in [-0.15, -0.1) is 0 Å². The van der Waals surface area contributed by atoms with Crippen LogP contribution < -0.4 is 5.32 Å². The predicted molar refractivity (Wildman–Crippen MR) is 179 cm³/mol. The quantitative estimate of drug-likeness (QED) is 0.0915. The van der Waals surface area contributed by atoms with Gasteiger partial charge in [-0.2, -0.15) is 18.3 Å². The molecule has 4 aromatic carbocycles. The molecule has 6 rings (SSSR count). The Kier molecular flexibility index (Phi) is 9.90. The fourth-order valence-electron chi connectivity index (χ4n) is 6.29. The summed E-state index contributed by atoms with van der Waals surface area (Å²) in [4.78, 5) is 3.20. The zero-order valence-corrected chi connectivity index (χ0v) is 26.0. The van der Waals surface area contributed by atoms with Gasteiger partial charge in [-0.25, -0.2) is 13.5 Å². The molecule has 0 saturated heterocycles. The SMILES string of the molecule is Fc1cccc(-c2cc(F)ccc2NCCCCCCCCCCc2cccc3c2c(C(F)(F)F)nn3-c2cc3ccccc3[nH]2)c1. The minimum absolute atomic E-state index is 0.177. The number of hydrogen-bond acceptors (Lipinski definition) is 2. The van der Waals surface area contributed by atoms with Gasteiger partial charge in [0.15, 0.2) is 5.69 Å². The minimum Gasteiger partial charge on any atom is -0.385 e. The van der Waals surface area contributed by atoms with Gasteiger partial charge in [-0.05, 0) is 78.9 Å². The van der Waals surface area contributed by atoms with Crippen LogP contribution in [0.2, 0.25) is 0 Å². The van der Waals surface area contributed by atoms with Crippen molar-refractivity contribution in [3.8, 4) is 16.9 Å². The molecule has 0 aliphatic carbocycles. The van der Waals surface area contributed by atoms with Crippen LogP contribution in [0.25, 0.3) is 38.8 Å². The van der Waals surface area contributed by atoms with Crippen molar-refractivity contribution in [1.29, 1.82) is 0 Å². The second kappa shape index (κ2) is 14.4. The largest absolute Gasteiger partial charge is 0.435 e. The highest BCUT2D eigenvalue weighted by Crippen LogP contribution is 2.37. The van der Waals surface area contributed by atoms with Crippen LogP contribution in [0.15, 0.2) is 91.0 Å². The Labute approximate surface area is 270 Å². The lowest BCUT2D eigenvalue weighted by molar-refractivity contribution is -0.140. The molecule has 0 fully saturated rings. The number of aromatic amines is 1. The topological polar surface area (TPSA) is 45.6 Å². The second-order valence-corrected chi connectivity index (χ2v) is 12.0. The van der Waals surface area contributed by atoms with Gasteiger partial charge < -0.3 is 10.3 Å². The van der Waals surface area contributed by atoms with Crippen LogP contribution in [0.4, 0.5) is 27.6 Å². The number of nitrogens with one attached hydrogen (secondary N) is 2. The van der Waals surface area contributed by atoms with E-state index in [1.54, 1.807) is 30.3 Å². The first-order valence-electron chi connectivity index (χ1n) is 16.2. The Morgan fingerprint density at radius 3 is 2.19 bits per heavy atom. The summed E-state index contributed by atoms with van der Waals surface area (Å²) in [5.41, 5.74) is 3.16. The van der Waals surface area contributed by atoms with E-state index in [9.17, 15) is 22.0 Å². The number of rotatable bonds is 14. The molecule has 2 aromatic heterocycles. The van der Waals surface area contributed by atoms with Gasteiger partial charge in [0.1, 0.15) is 17.5 Å². The molecule has 4 nitrogen and oxygen atoms in total. The lowest BCUT2D eigenvalue weighted by Crippen LogP contribution is -2.08. The summed E-state index contributed by atoms with van der Waals surface area (Å²) in [5, 5.41) is 8.51. The van der Waals surface area contributed by atoms with Crippen molar-refractivity contribution in [1.82, 2.24) is 14.8 Å². The van der Waals surface area contributed by atoms with Crippen molar-refractivity contribution < 1.29 is 22.0 Å². The molecular weight excluding hydrogens is 607 g/mol. The number of aryl methyl sites for hydroxylation is 1. The minimum atomic E-state index is -4.57. The zero-order chi connectivity index (χ0) is 32.8. The van der Waals surface area contributed by atoms with E-state index in [0.29, 0.717) is 34.4 Å². The third-order valence-electron chi connectivity index (χ3n) is 8.61. The van der Waals surface area contributed by atoms with E-state index in [0.717, 1.165) is 74.5 Å². The molecule has 47 heavy (non-hydrogen) atoms. The normalized spacial score (nSPS) is 11.9. The molecular formula is C38H37F5N4. The van der Waals surface area contributed by atoms with E-state index in [-0.39, 0.29) is 17.0 Å². The smallest absolute Gasteiger partial charge is 0.385 e. The van der Waals surface area contributed by atoms with Gasteiger partial charge in [-0.1, -0.05) is 81.0 Å². The number of para-hydroxylation sites is 1. The maximum absolute atomic E-state index is 14.2. The summed E-state index contributed by atoms with van der Waals surface area (Å²) >= 11 is 0. The number of aromatic nitrogens is 3. The maximum Gasteiger partial charge on any atom is 0.435 e. The number of hydrogen-bond donors (Lipinski definition) is 2. The van der Waals surface area contributed by atoms with E-state index >= 15 is 0 Å². The highest BCUT2D eigenvalue weighted by molar-refractivity contribution is 5.89. The molecule has 0 aliphatic heterocycles. The summed E-state index contributed by atoms with van der Waals surface area (Å²) in [6, 6.07) is 25.4. The van der Waals surface area contributed by atoms with Crippen LogP contribution in [0.3, 0.4) is 0 Å².